The zero-order valence-corrected chi connectivity index (χ0v) is 20.2. The monoisotopic (exact) mass is 494 g/mol. The number of nitrogens with one attached hydrogen (secondary N) is 2. The molecular formula is C25H27FN6O4. The molecule has 3 aromatic rings. The van der Waals surface area contributed by atoms with Gasteiger partial charge < -0.3 is 19.9 Å². The van der Waals surface area contributed by atoms with Crippen molar-refractivity contribution in [1.29, 1.82) is 0 Å². The molecule has 2 aromatic heterocycles. The Morgan fingerprint density at radius 2 is 1.83 bits per heavy atom. The van der Waals surface area contributed by atoms with E-state index in [0.29, 0.717) is 30.9 Å². The molecule has 10 nitrogen and oxygen atoms in total. The number of nitrogens with zero attached hydrogens (tertiary/aromatic N) is 4. The van der Waals surface area contributed by atoms with Gasteiger partial charge in [0.25, 0.3) is 5.91 Å². The number of carbonyl (C=O) groups is 2. The maximum Gasteiger partial charge on any atom is 0.255 e. The summed E-state index contributed by atoms with van der Waals surface area (Å²) in [5, 5.41) is 10.7. The number of hydrogen-bond donors (Lipinski definition) is 2. The Bertz CT molecular complexity index is 1270. The average molecular weight is 495 g/mol. The Balaban J connectivity index is 1.34. The average Bonchev–Trinajstić information content (AvgIpc) is 2.85. The lowest BCUT2D eigenvalue weighted by molar-refractivity contribution is -0.122. The first-order valence-corrected chi connectivity index (χ1v) is 11.5. The second kappa shape index (κ2) is 10.2. The van der Waals surface area contributed by atoms with Gasteiger partial charge in [0, 0.05) is 38.0 Å². The third-order valence-electron chi connectivity index (χ3n) is 6.06. The first kappa shape index (κ1) is 25.0. The molecule has 1 atom stereocenters. The van der Waals surface area contributed by atoms with Crippen LogP contribution >= 0.6 is 0 Å². The third kappa shape index (κ3) is 5.74. The number of rotatable bonds is 6. The number of piperazine rings is 1. The lowest BCUT2D eigenvalue weighted by Gasteiger charge is -2.48. The fourth-order valence-corrected chi connectivity index (χ4v) is 4.06. The van der Waals surface area contributed by atoms with E-state index in [9.17, 15) is 18.8 Å². The molecule has 0 unspecified atom stereocenters. The molecule has 4 rings (SSSR count). The number of ether oxygens (including phenoxy) is 1. The number of anilines is 1. The number of pyridine rings is 1. The van der Waals surface area contributed by atoms with Gasteiger partial charge in [0.05, 0.1) is 17.1 Å². The Hall–Kier alpha value is -4.12. The van der Waals surface area contributed by atoms with Crippen LogP contribution in [0.2, 0.25) is 0 Å². The Morgan fingerprint density at radius 1 is 1.08 bits per heavy atom. The number of halogens is 1. The summed E-state index contributed by atoms with van der Waals surface area (Å²) in [6.07, 6.45) is 1.42. The lowest BCUT2D eigenvalue weighted by atomic mass is 9.96. The van der Waals surface area contributed by atoms with E-state index in [1.165, 1.54) is 42.6 Å². The molecule has 2 N–H and O–H groups in total. The quantitative estimate of drug-likeness (QED) is 0.541. The van der Waals surface area contributed by atoms with Crippen molar-refractivity contribution in [3.05, 3.63) is 76.5 Å². The van der Waals surface area contributed by atoms with Crippen molar-refractivity contribution in [2.45, 2.75) is 32.4 Å². The first-order valence-electron chi connectivity index (χ1n) is 11.5. The van der Waals surface area contributed by atoms with Crippen molar-refractivity contribution >= 4 is 17.6 Å². The maximum atomic E-state index is 13.0. The molecule has 1 saturated heterocycles. The van der Waals surface area contributed by atoms with Gasteiger partial charge in [-0.2, -0.15) is 0 Å². The van der Waals surface area contributed by atoms with Crippen molar-refractivity contribution in [2.75, 3.05) is 25.0 Å². The normalized spacial score (nSPS) is 16.3. The highest BCUT2D eigenvalue weighted by molar-refractivity contribution is 5.95. The summed E-state index contributed by atoms with van der Waals surface area (Å²) in [6.45, 7) is 7.09. The van der Waals surface area contributed by atoms with Gasteiger partial charge in [-0.05, 0) is 57.2 Å². The van der Waals surface area contributed by atoms with E-state index in [-0.39, 0.29) is 34.9 Å². The number of aromatic nitrogens is 3. The minimum Gasteiger partial charge on any atom is -0.438 e. The molecule has 0 bridgehead atoms. The standard InChI is InChI=1S/C25H27FN6O4/c1-16(23(34)28-20-9-11-22(30-29-20)36-19-7-5-18(26)6-8-19)31-12-13-32(25(2,3)15-31)24(35)17-4-10-21(33)27-14-17/h4-11,14,16H,12-13,15H2,1-3H3,(H,27,33)(H,28,29,34)/t16-/m0/s1. The van der Waals surface area contributed by atoms with Crippen LogP contribution in [-0.2, 0) is 4.79 Å². The van der Waals surface area contributed by atoms with E-state index in [0.717, 1.165) is 0 Å². The summed E-state index contributed by atoms with van der Waals surface area (Å²) in [5.41, 5.74) is -0.401. The van der Waals surface area contributed by atoms with E-state index in [1.807, 2.05) is 18.7 Å². The van der Waals surface area contributed by atoms with Crippen LogP contribution in [-0.4, -0.2) is 68.0 Å². The SMILES string of the molecule is C[C@@H](C(=O)Nc1ccc(Oc2ccc(F)cc2)nn1)N1CCN(C(=O)c2ccc(=O)[nH]c2)C(C)(C)C1. The van der Waals surface area contributed by atoms with Crippen LogP contribution in [0.1, 0.15) is 31.1 Å². The summed E-state index contributed by atoms with van der Waals surface area (Å²) >= 11 is 0. The summed E-state index contributed by atoms with van der Waals surface area (Å²) in [7, 11) is 0. The number of hydrogen-bond acceptors (Lipinski definition) is 7. The Labute approximate surface area is 207 Å². The maximum absolute atomic E-state index is 13.0. The van der Waals surface area contributed by atoms with Gasteiger partial charge in [0.2, 0.25) is 17.3 Å². The van der Waals surface area contributed by atoms with Crippen molar-refractivity contribution in [3.8, 4) is 11.6 Å². The van der Waals surface area contributed by atoms with Gasteiger partial charge in [-0.1, -0.05) is 0 Å². The lowest BCUT2D eigenvalue weighted by Crippen LogP contribution is -2.63. The largest absolute Gasteiger partial charge is 0.438 e. The Morgan fingerprint density at radius 3 is 2.44 bits per heavy atom. The van der Waals surface area contributed by atoms with Crippen LogP contribution in [0.25, 0.3) is 0 Å². The van der Waals surface area contributed by atoms with Crippen LogP contribution < -0.4 is 15.6 Å². The molecular weight excluding hydrogens is 467 g/mol. The van der Waals surface area contributed by atoms with Crippen LogP contribution in [0.5, 0.6) is 11.6 Å². The minimum absolute atomic E-state index is 0.175. The molecule has 0 saturated carbocycles. The molecule has 188 valence electrons. The van der Waals surface area contributed by atoms with E-state index in [2.05, 4.69) is 20.5 Å². The highest BCUT2D eigenvalue weighted by atomic mass is 19.1. The van der Waals surface area contributed by atoms with Gasteiger partial charge in [0.15, 0.2) is 5.82 Å². The molecule has 2 amide bonds. The highest BCUT2D eigenvalue weighted by Crippen LogP contribution is 2.25. The smallest absolute Gasteiger partial charge is 0.255 e. The fourth-order valence-electron chi connectivity index (χ4n) is 4.06. The van der Waals surface area contributed by atoms with E-state index < -0.39 is 11.6 Å². The van der Waals surface area contributed by atoms with Gasteiger partial charge in [-0.25, -0.2) is 4.39 Å². The molecule has 0 radical (unpaired) electrons. The molecule has 0 spiro atoms. The van der Waals surface area contributed by atoms with Crippen LogP contribution in [0.15, 0.2) is 59.5 Å². The van der Waals surface area contributed by atoms with E-state index in [1.54, 1.807) is 24.0 Å². The number of amides is 2. The molecule has 11 heteroatoms. The molecule has 1 aromatic carbocycles. The second-order valence-electron chi connectivity index (χ2n) is 9.16. The molecule has 1 aliphatic rings. The number of H-pyrrole nitrogens is 1. The zero-order chi connectivity index (χ0) is 25.9. The number of aromatic amines is 1. The van der Waals surface area contributed by atoms with Crippen molar-refractivity contribution in [2.24, 2.45) is 0 Å². The van der Waals surface area contributed by atoms with E-state index >= 15 is 0 Å². The topological polar surface area (TPSA) is 121 Å². The van der Waals surface area contributed by atoms with Crippen LogP contribution in [0.3, 0.4) is 0 Å². The predicted octanol–water partition coefficient (Wildman–Crippen LogP) is 2.66. The van der Waals surface area contributed by atoms with Gasteiger partial charge in [-0.15, -0.1) is 10.2 Å². The number of benzene rings is 1. The van der Waals surface area contributed by atoms with Gasteiger partial charge in [0.1, 0.15) is 11.6 Å². The molecule has 1 fully saturated rings. The summed E-state index contributed by atoms with van der Waals surface area (Å²) in [6, 6.07) is 11.0. The second-order valence-corrected chi connectivity index (χ2v) is 9.16. The fraction of sp³-hybridized carbons (Fsp3) is 0.320. The van der Waals surface area contributed by atoms with Gasteiger partial charge in [-0.3, -0.25) is 19.3 Å². The van der Waals surface area contributed by atoms with Gasteiger partial charge >= 0.3 is 0 Å². The third-order valence-corrected chi connectivity index (χ3v) is 6.06. The highest BCUT2D eigenvalue weighted by Gasteiger charge is 2.39. The number of carbonyl (C=O) groups excluding carboxylic acids is 2. The summed E-state index contributed by atoms with van der Waals surface area (Å²) in [4.78, 5) is 43.5. The van der Waals surface area contributed by atoms with E-state index in [4.69, 9.17) is 4.74 Å². The minimum atomic E-state index is -0.543. The molecule has 3 heterocycles. The first-order chi connectivity index (χ1) is 17.1. The molecule has 36 heavy (non-hydrogen) atoms. The predicted molar refractivity (Wildman–Crippen MR) is 130 cm³/mol. The summed E-state index contributed by atoms with van der Waals surface area (Å²) in [5.74, 6) is 0.0868. The summed E-state index contributed by atoms with van der Waals surface area (Å²) < 4.78 is 18.5. The zero-order valence-electron chi connectivity index (χ0n) is 20.2. The van der Waals surface area contributed by atoms with Crippen molar-refractivity contribution in [3.63, 3.8) is 0 Å². The molecule has 1 aliphatic heterocycles. The Kier molecular flexibility index (Phi) is 7.11. The van der Waals surface area contributed by atoms with Crippen LogP contribution in [0, 0.1) is 5.82 Å². The molecule has 0 aliphatic carbocycles. The van der Waals surface area contributed by atoms with Crippen LogP contribution in [0.4, 0.5) is 10.2 Å². The van der Waals surface area contributed by atoms with Crippen molar-refractivity contribution < 1.29 is 18.7 Å². The van der Waals surface area contributed by atoms with Crippen molar-refractivity contribution in [1.82, 2.24) is 25.0 Å².